The summed E-state index contributed by atoms with van der Waals surface area (Å²) in [4.78, 5) is 6.04. The van der Waals surface area contributed by atoms with Gasteiger partial charge in [0, 0.05) is 11.1 Å². The summed E-state index contributed by atoms with van der Waals surface area (Å²) in [5, 5.41) is 0.636. The molecule has 136 valence electrons. The van der Waals surface area contributed by atoms with E-state index in [0.717, 1.165) is 11.8 Å². The third kappa shape index (κ3) is 4.11. The molecule has 0 saturated carbocycles. The van der Waals surface area contributed by atoms with Crippen molar-refractivity contribution in [3.05, 3.63) is 64.9 Å². The summed E-state index contributed by atoms with van der Waals surface area (Å²) < 4.78 is 49.1. The summed E-state index contributed by atoms with van der Waals surface area (Å²) in [6, 6.07) is 12.0. The number of aromatic amines is 1. The highest BCUT2D eigenvalue weighted by atomic mass is 35.5. The van der Waals surface area contributed by atoms with Gasteiger partial charge in [0.2, 0.25) is 0 Å². The maximum absolute atomic E-state index is 12.7. The van der Waals surface area contributed by atoms with Crippen LogP contribution in [0.15, 0.2) is 48.7 Å². The van der Waals surface area contributed by atoms with Crippen LogP contribution in [-0.4, -0.2) is 17.1 Å². The first-order valence-electron chi connectivity index (χ1n) is 7.54. The first-order chi connectivity index (χ1) is 12.4. The lowest BCUT2D eigenvalue weighted by molar-refractivity contribution is -0.140. The zero-order chi connectivity index (χ0) is 18.7. The molecule has 0 aliphatic heterocycles. The van der Waals surface area contributed by atoms with E-state index < -0.39 is 11.9 Å². The van der Waals surface area contributed by atoms with Gasteiger partial charge >= 0.3 is 6.18 Å². The molecule has 0 unspecified atom stereocenters. The second kappa shape index (κ2) is 7.29. The molecule has 2 aromatic carbocycles. The number of imidazole rings is 1. The molecule has 1 heterocycles. The number of aromatic nitrogens is 2. The van der Waals surface area contributed by atoms with E-state index in [1.165, 1.54) is 7.11 Å². The lowest BCUT2D eigenvalue weighted by Gasteiger charge is -2.11. The van der Waals surface area contributed by atoms with Crippen LogP contribution in [0.1, 0.15) is 11.3 Å². The van der Waals surface area contributed by atoms with Gasteiger partial charge in [-0.25, -0.2) is 4.98 Å². The standard InChI is InChI=1S/C18H14ClF3N2O2/c1-25-15-8-13(26-10-11-2-4-12(19)5-3-11)6-7-14(15)17-23-9-16(24-17)18(20,21)22/h2-9H,10H2,1H3,(H,23,24). The molecular formula is C18H14ClF3N2O2. The zero-order valence-electron chi connectivity index (χ0n) is 13.6. The molecule has 8 heteroatoms. The maximum Gasteiger partial charge on any atom is 0.432 e. The van der Waals surface area contributed by atoms with Crippen LogP contribution < -0.4 is 9.47 Å². The van der Waals surface area contributed by atoms with Gasteiger partial charge in [-0.3, -0.25) is 0 Å². The monoisotopic (exact) mass is 382 g/mol. The molecule has 0 atom stereocenters. The lowest BCUT2D eigenvalue weighted by atomic mass is 10.2. The van der Waals surface area contributed by atoms with Crippen molar-refractivity contribution >= 4 is 11.6 Å². The van der Waals surface area contributed by atoms with E-state index in [1.54, 1.807) is 30.3 Å². The predicted octanol–water partition coefficient (Wildman–Crippen LogP) is 5.34. The normalized spacial score (nSPS) is 11.4. The average molecular weight is 383 g/mol. The highest BCUT2D eigenvalue weighted by Crippen LogP contribution is 2.34. The molecule has 0 radical (unpaired) electrons. The average Bonchev–Trinajstić information content (AvgIpc) is 3.11. The van der Waals surface area contributed by atoms with Crippen molar-refractivity contribution < 1.29 is 22.6 Å². The Balaban J connectivity index is 1.79. The van der Waals surface area contributed by atoms with Crippen LogP contribution >= 0.6 is 11.6 Å². The van der Waals surface area contributed by atoms with Crippen molar-refractivity contribution in [1.82, 2.24) is 9.97 Å². The van der Waals surface area contributed by atoms with Gasteiger partial charge in [-0.1, -0.05) is 23.7 Å². The van der Waals surface area contributed by atoms with Gasteiger partial charge in [0.1, 0.15) is 29.6 Å². The van der Waals surface area contributed by atoms with Gasteiger partial charge in [0.25, 0.3) is 0 Å². The number of nitrogens with zero attached hydrogens (tertiary/aromatic N) is 1. The number of H-pyrrole nitrogens is 1. The molecule has 0 aliphatic carbocycles. The largest absolute Gasteiger partial charge is 0.496 e. The van der Waals surface area contributed by atoms with Gasteiger partial charge in [-0.2, -0.15) is 13.2 Å². The Morgan fingerprint density at radius 1 is 1.12 bits per heavy atom. The van der Waals surface area contributed by atoms with E-state index in [9.17, 15) is 13.2 Å². The number of hydrogen-bond donors (Lipinski definition) is 1. The van der Waals surface area contributed by atoms with Gasteiger partial charge in [-0.05, 0) is 29.8 Å². The fourth-order valence-electron chi connectivity index (χ4n) is 2.31. The Labute approximate surface area is 152 Å². The highest BCUT2D eigenvalue weighted by Gasteiger charge is 2.33. The molecule has 0 spiro atoms. The summed E-state index contributed by atoms with van der Waals surface area (Å²) in [5.41, 5.74) is 0.415. The van der Waals surface area contributed by atoms with Gasteiger partial charge < -0.3 is 14.5 Å². The van der Waals surface area contributed by atoms with E-state index in [0.29, 0.717) is 28.7 Å². The van der Waals surface area contributed by atoms with E-state index in [2.05, 4.69) is 9.97 Å². The summed E-state index contributed by atoms with van der Waals surface area (Å²) >= 11 is 5.84. The number of alkyl halides is 3. The van der Waals surface area contributed by atoms with Gasteiger partial charge in [0.05, 0.1) is 18.9 Å². The molecular weight excluding hydrogens is 369 g/mol. The predicted molar refractivity (Wildman–Crippen MR) is 91.4 cm³/mol. The van der Waals surface area contributed by atoms with Crippen LogP contribution in [0.4, 0.5) is 13.2 Å². The quantitative estimate of drug-likeness (QED) is 0.648. The van der Waals surface area contributed by atoms with E-state index >= 15 is 0 Å². The van der Waals surface area contributed by atoms with Crippen LogP contribution in [0.2, 0.25) is 5.02 Å². The molecule has 0 saturated heterocycles. The number of methoxy groups -OCH3 is 1. The molecule has 3 rings (SSSR count). The van der Waals surface area contributed by atoms with Crippen molar-refractivity contribution in [2.75, 3.05) is 7.11 Å². The number of halogens is 4. The summed E-state index contributed by atoms with van der Waals surface area (Å²) in [5.74, 6) is 0.934. The Morgan fingerprint density at radius 2 is 1.85 bits per heavy atom. The number of ether oxygens (including phenoxy) is 2. The number of nitrogens with one attached hydrogen (secondary N) is 1. The van der Waals surface area contributed by atoms with E-state index in [4.69, 9.17) is 21.1 Å². The summed E-state index contributed by atoms with van der Waals surface area (Å²) in [6.45, 7) is 0.318. The second-order valence-corrected chi connectivity index (χ2v) is 5.86. The molecule has 0 amide bonds. The molecule has 4 nitrogen and oxygen atoms in total. The fraction of sp³-hybridized carbons (Fsp3) is 0.167. The highest BCUT2D eigenvalue weighted by molar-refractivity contribution is 6.30. The molecule has 26 heavy (non-hydrogen) atoms. The molecule has 3 aromatic rings. The third-order valence-corrected chi connectivity index (χ3v) is 3.88. The topological polar surface area (TPSA) is 47.1 Å². The molecule has 0 fully saturated rings. The van der Waals surface area contributed by atoms with Crippen molar-refractivity contribution in [2.45, 2.75) is 12.8 Å². The summed E-state index contributed by atoms with van der Waals surface area (Å²) in [7, 11) is 1.43. The third-order valence-electron chi connectivity index (χ3n) is 3.63. The second-order valence-electron chi connectivity index (χ2n) is 5.42. The summed E-state index contributed by atoms with van der Waals surface area (Å²) in [6.07, 6.45) is -3.74. The van der Waals surface area contributed by atoms with Gasteiger partial charge in [0.15, 0.2) is 0 Å². The number of hydrogen-bond acceptors (Lipinski definition) is 3. The van der Waals surface area contributed by atoms with Gasteiger partial charge in [-0.15, -0.1) is 0 Å². The van der Waals surface area contributed by atoms with E-state index in [-0.39, 0.29) is 5.82 Å². The van der Waals surface area contributed by atoms with Crippen LogP contribution in [0, 0.1) is 0 Å². The van der Waals surface area contributed by atoms with Crippen molar-refractivity contribution in [3.63, 3.8) is 0 Å². The molecule has 1 aromatic heterocycles. The van der Waals surface area contributed by atoms with Crippen LogP contribution in [0.3, 0.4) is 0 Å². The number of benzene rings is 2. The minimum absolute atomic E-state index is 0.0680. The van der Waals surface area contributed by atoms with Crippen LogP contribution in [0.5, 0.6) is 11.5 Å². The molecule has 1 N–H and O–H groups in total. The maximum atomic E-state index is 12.7. The van der Waals surface area contributed by atoms with Crippen molar-refractivity contribution in [1.29, 1.82) is 0 Å². The van der Waals surface area contributed by atoms with Crippen molar-refractivity contribution in [3.8, 4) is 22.9 Å². The first-order valence-corrected chi connectivity index (χ1v) is 7.92. The molecule has 0 aliphatic rings. The SMILES string of the molecule is COc1cc(OCc2ccc(Cl)cc2)ccc1-c1ncc(C(F)(F)F)[nH]1. The Bertz CT molecular complexity index is 892. The van der Waals surface area contributed by atoms with Crippen LogP contribution in [0.25, 0.3) is 11.4 Å². The van der Waals surface area contributed by atoms with E-state index in [1.807, 2.05) is 12.1 Å². The zero-order valence-corrected chi connectivity index (χ0v) is 14.4. The minimum atomic E-state index is -4.49. The minimum Gasteiger partial charge on any atom is -0.496 e. The first kappa shape index (κ1) is 18.1. The Kier molecular flexibility index (Phi) is 5.08. The lowest BCUT2D eigenvalue weighted by Crippen LogP contribution is -2.04. The van der Waals surface area contributed by atoms with Crippen LogP contribution in [-0.2, 0) is 12.8 Å². The Hall–Kier alpha value is -2.67. The number of rotatable bonds is 5. The fourth-order valence-corrected chi connectivity index (χ4v) is 2.43. The molecule has 0 bridgehead atoms. The van der Waals surface area contributed by atoms with Crippen molar-refractivity contribution in [2.24, 2.45) is 0 Å². The Morgan fingerprint density at radius 3 is 2.46 bits per heavy atom. The smallest absolute Gasteiger partial charge is 0.432 e.